The zero-order valence-electron chi connectivity index (χ0n) is 8.24. The van der Waals surface area contributed by atoms with Gasteiger partial charge in [-0.05, 0) is 23.7 Å². The zero-order valence-corrected chi connectivity index (χ0v) is 9.00. The average Bonchev–Trinajstić information content (AvgIpc) is 2.26. The van der Waals surface area contributed by atoms with Crippen LogP contribution >= 0.6 is 11.6 Å². The molecule has 0 amide bonds. The maximum absolute atomic E-state index is 11.3. The Bertz CT molecular complexity index is 400. The summed E-state index contributed by atoms with van der Waals surface area (Å²) in [7, 11) is 2.62. The summed E-state index contributed by atoms with van der Waals surface area (Å²) in [5.74, 6) is -0.379. The van der Waals surface area contributed by atoms with Gasteiger partial charge in [0.15, 0.2) is 0 Å². The number of methoxy groups -OCH3 is 2. The molecule has 1 rings (SSSR count). The first-order chi connectivity index (χ1) is 7.11. The molecule has 1 aromatic rings. The van der Waals surface area contributed by atoms with Crippen molar-refractivity contribution in [1.82, 2.24) is 0 Å². The van der Waals surface area contributed by atoms with Crippen LogP contribution in [0.25, 0.3) is 0 Å². The standard InChI is InChI=1S/C10H9ClO4/c1-14-7-5-3-4-6(10(13)15-2)8(7)9(11)12/h3-5H,1-2H3. The van der Waals surface area contributed by atoms with E-state index in [0.29, 0.717) is 0 Å². The molecule has 0 N–H and O–H groups in total. The second-order valence-electron chi connectivity index (χ2n) is 2.65. The fraction of sp³-hybridized carbons (Fsp3) is 0.200. The molecule has 0 atom stereocenters. The van der Waals surface area contributed by atoms with E-state index in [4.69, 9.17) is 16.3 Å². The van der Waals surface area contributed by atoms with Gasteiger partial charge in [0.25, 0.3) is 5.24 Å². The van der Waals surface area contributed by atoms with Gasteiger partial charge in [-0.1, -0.05) is 6.07 Å². The zero-order chi connectivity index (χ0) is 11.4. The maximum atomic E-state index is 11.3. The number of ether oxygens (including phenoxy) is 2. The second kappa shape index (κ2) is 4.79. The highest BCUT2D eigenvalue weighted by atomic mass is 35.5. The van der Waals surface area contributed by atoms with Crippen molar-refractivity contribution in [3.8, 4) is 5.75 Å². The molecular formula is C10H9ClO4. The highest BCUT2D eigenvalue weighted by Gasteiger charge is 2.20. The molecule has 0 unspecified atom stereocenters. The predicted octanol–water partition coefficient (Wildman–Crippen LogP) is 1.86. The number of esters is 1. The Labute approximate surface area is 91.7 Å². The summed E-state index contributed by atoms with van der Waals surface area (Å²) in [5.41, 5.74) is 0.116. The third-order valence-corrected chi connectivity index (χ3v) is 2.04. The lowest BCUT2D eigenvalue weighted by molar-refractivity contribution is 0.0597. The number of carbonyl (C=O) groups is 2. The second-order valence-corrected chi connectivity index (χ2v) is 2.99. The van der Waals surface area contributed by atoms with Crippen molar-refractivity contribution in [2.24, 2.45) is 0 Å². The Balaban J connectivity index is 3.38. The minimum Gasteiger partial charge on any atom is -0.496 e. The number of rotatable bonds is 3. The van der Waals surface area contributed by atoms with E-state index in [2.05, 4.69) is 4.74 Å². The molecule has 0 saturated heterocycles. The molecule has 0 radical (unpaired) electrons. The molecule has 0 aliphatic carbocycles. The van der Waals surface area contributed by atoms with Gasteiger partial charge in [-0.25, -0.2) is 4.79 Å². The van der Waals surface area contributed by atoms with Crippen LogP contribution in [-0.4, -0.2) is 25.4 Å². The summed E-state index contributed by atoms with van der Waals surface area (Å²) in [6, 6.07) is 4.57. The molecule has 0 fully saturated rings. The molecule has 5 heteroatoms. The number of halogens is 1. The van der Waals surface area contributed by atoms with Gasteiger partial charge < -0.3 is 9.47 Å². The van der Waals surface area contributed by atoms with E-state index in [-0.39, 0.29) is 16.9 Å². The van der Waals surface area contributed by atoms with E-state index in [9.17, 15) is 9.59 Å². The normalized spacial score (nSPS) is 9.53. The van der Waals surface area contributed by atoms with Crippen LogP contribution in [0.3, 0.4) is 0 Å². The van der Waals surface area contributed by atoms with Gasteiger partial charge in [0.1, 0.15) is 5.75 Å². The van der Waals surface area contributed by atoms with E-state index < -0.39 is 11.2 Å². The number of benzene rings is 1. The van der Waals surface area contributed by atoms with E-state index in [1.54, 1.807) is 12.1 Å². The van der Waals surface area contributed by atoms with Crippen LogP contribution in [0.15, 0.2) is 18.2 Å². The van der Waals surface area contributed by atoms with Crippen molar-refractivity contribution in [3.63, 3.8) is 0 Å². The van der Waals surface area contributed by atoms with Crippen LogP contribution in [0.1, 0.15) is 20.7 Å². The summed E-state index contributed by atoms with van der Waals surface area (Å²) in [5, 5.41) is -0.757. The SMILES string of the molecule is COC(=O)c1cccc(OC)c1C(=O)Cl. The van der Waals surface area contributed by atoms with Gasteiger partial charge in [-0.2, -0.15) is 0 Å². The number of hydrogen-bond donors (Lipinski definition) is 0. The molecular weight excluding hydrogens is 220 g/mol. The van der Waals surface area contributed by atoms with Crippen LogP contribution < -0.4 is 4.74 Å². The summed E-state index contributed by atoms with van der Waals surface area (Å²) in [6.45, 7) is 0. The first-order valence-electron chi connectivity index (χ1n) is 4.07. The van der Waals surface area contributed by atoms with Crippen LogP contribution in [-0.2, 0) is 4.74 Å². The fourth-order valence-electron chi connectivity index (χ4n) is 1.18. The lowest BCUT2D eigenvalue weighted by Gasteiger charge is -2.08. The minimum absolute atomic E-state index is 0.0218. The molecule has 0 bridgehead atoms. The van der Waals surface area contributed by atoms with Gasteiger partial charge in [0, 0.05) is 0 Å². The topological polar surface area (TPSA) is 52.6 Å². The Morgan fingerprint density at radius 3 is 2.40 bits per heavy atom. The third kappa shape index (κ3) is 2.27. The first kappa shape index (κ1) is 11.5. The molecule has 0 aliphatic heterocycles. The Morgan fingerprint density at radius 2 is 1.93 bits per heavy atom. The van der Waals surface area contributed by atoms with Crippen molar-refractivity contribution in [3.05, 3.63) is 29.3 Å². The average molecular weight is 229 g/mol. The van der Waals surface area contributed by atoms with E-state index in [1.165, 1.54) is 20.3 Å². The number of hydrogen-bond acceptors (Lipinski definition) is 4. The lowest BCUT2D eigenvalue weighted by Crippen LogP contribution is -2.09. The minimum atomic E-state index is -0.757. The van der Waals surface area contributed by atoms with E-state index in [0.717, 1.165) is 0 Å². The van der Waals surface area contributed by atoms with Crippen LogP contribution in [0.2, 0.25) is 0 Å². The highest BCUT2D eigenvalue weighted by molar-refractivity contribution is 6.68. The number of carbonyl (C=O) groups excluding carboxylic acids is 2. The van der Waals surface area contributed by atoms with Gasteiger partial charge in [0.2, 0.25) is 0 Å². The monoisotopic (exact) mass is 228 g/mol. The van der Waals surface area contributed by atoms with Gasteiger partial charge in [-0.3, -0.25) is 4.79 Å². The van der Waals surface area contributed by atoms with Crippen LogP contribution in [0.4, 0.5) is 0 Å². The molecule has 0 heterocycles. The smallest absolute Gasteiger partial charge is 0.338 e. The molecule has 1 aromatic carbocycles. The van der Waals surface area contributed by atoms with Crippen molar-refractivity contribution in [2.75, 3.05) is 14.2 Å². The maximum Gasteiger partial charge on any atom is 0.338 e. The van der Waals surface area contributed by atoms with Gasteiger partial charge >= 0.3 is 5.97 Å². The Morgan fingerprint density at radius 1 is 1.27 bits per heavy atom. The predicted molar refractivity (Wildman–Crippen MR) is 54.5 cm³/mol. The molecule has 0 aliphatic rings. The van der Waals surface area contributed by atoms with Crippen LogP contribution in [0.5, 0.6) is 5.75 Å². The lowest BCUT2D eigenvalue weighted by atomic mass is 10.1. The summed E-state index contributed by atoms with van der Waals surface area (Å²) in [6.07, 6.45) is 0. The fourth-order valence-corrected chi connectivity index (χ4v) is 1.38. The van der Waals surface area contributed by atoms with Gasteiger partial charge in [-0.15, -0.1) is 0 Å². The van der Waals surface area contributed by atoms with Crippen LogP contribution in [0, 0.1) is 0 Å². The molecule has 0 spiro atoms. The van der Waals surface area contributed by atoms with E-state index >= 15 is 0 Å². The Kier molecular flexibility index (Phi) is 3.68. The van der Waals surface area contributed by atoms with Gasteiger partial charge in [0.05, 0.1) is 25.3 Å². The summed E-state index contributed by atoms with van der Waals surface area (Å²) < 4.78 is 9.45. The first-order valence-corrected chi connectivity index (χ1v) is 4.44. The summed E-state index contributed by atoms with van der Waals surface area (Å²) in [4.78, 5) is 22.5. The quantitative estimate of drug-likeness (QED) is 0.585. The molecule has 0 aromatic heterocycles. The molecule has 80 valence electrons. The summed E-state index contributed by atoms with van der Waals surface area (Å²) >= 11 is 5.37. The Hall–Kier alpha value is -1.55. The highest BCUT2D eigenvalue weighted by Crippen LogP contribution is 2.24. The molecule has 0 saturated carbocycles. The van der Waals surface area contributed by atoms with Crippen molar-refractivity contribution < 1.29 is 19.1 Å². The van der Waals surface area contributed by atoms with Crippen molar-refractivity contribution in [2.45, 2.75) is 0 Å². The van der Waals surface area contributed by atoms with Crippen molar-refractivity contribution in [1.29, 1.82) is 0 Å². The van der Waals surface area contributed by atoms with Crippen molar-refractivity contribution >= 4 is 22.8 Å². The third-order valence-electron chi connectivity index (χ3n) is 1.85. The van der Waals surface area contributed by atoms with E-state index in [1.807, 2.05) is 0 Å². The largest absolute Gasteiger partial charge is 0.496 e. The molecule has 15 heavy (non-hydrogen) atoms. The molecule has 4 nitrogen and oxygen atoms in total.